The molecule has 19 heavy (non-hydrogen) atoms. The number of fused-ring (bicyclic) bond motifs is 1. The Kier molecular flexibility index (Phi) is 3.78. The van der Waals surface area contributed by atoms with Crippen LogP contribution >= 0.6 is 0 Å². The van der Waals surface area contributed by atoms with Gasteiger partial charge in [0.25, 0.3) is 0 Å². The Balaban J connectivity index is 1.55. The zero-order chi connectivity index (χ0) is 13.1. The highest BCUT2D eigenvalue weighted by Gasteiger charge is 2.17. The fourth-order valence-electron chi connectivity index (χ4n) is 3.08. The predicted molar refractivity (Wildman–Crippen MR) is 77.0 cm³/mol. The zero-order valence-electron chi connectivity index (χ0n) is 11.5. The quantitative estimate of drug-likeness (QED) is 0.916. The lowest BCUT2D eigenvalue weighted by atomic mass is 9.87. The lowest BCUT2D eigenvalue weighted by Crippen LogP contribution is -2.35. The van der Waals surface area contributed by atoms with E-state index < -0.39 is 0 Å². The van der Waals surface area contributed by atoms with Crippen LogP contribution in [-0.2, 0) is 6.54 Å². The number of aromatic nitrogens is 3. The van der Waals surface area contributed by atoms with Gasteiger partial charge < -0.3 is 5.32 Å². The topological polar surface area (TPSA) is 42.7 Å². The maximum atomic E-state index is 4.22. The molecule has 2 aromatic rings. The maximum Gasteiger partial charge on any atom is 0.113 e. The predicted octanol–water partition coefficient (Wildman–Crippen LogP) is 2.60. The van der Waals surface area contributed by atoms with Crippen LogP contribution in [-0.4, -0.2) is 27.6 Å². The molecule has 0 spiro atoms. The van der Waals surface area contributed by atoms with E-state index in [-0.39, 0.29) is 0 Å². The van der Waals surface area contributed by atoms with Crippen molar-refractivity contribution >= 4 is 11.0 Å². The number of hydrogen-bond acceptors (Lipinski definition) is 3. The van der Waals surface area contributed by atoms with Crippen LogP contribution in [0.2, 0.25) is 0 Å². The molecule has 2 unspecified atom stereocenters. The molecule has 2 atom stereocenters. The first-order valence-corrected chi connectivity index (χ1v) is 7.34. The second kappa shape index (κ2) is 5.70. The van der Waals surface area contributed by atoms with Gasteiger partial charge in [-0.25, -0.2) is 4.68 Å². The minimum Gasteiger partial charge on any atom is -0.312 e. The van der Waals surface area contributed by atoms with Gasteiger partial charge in [-0.1, -0.05) is 37.1 Å². The molecule has 0 saturated heterocycles. The van der Waals surface area contributed by atoms with Gasteiger partial charge >= 0.3 is 0 Å². The SMILES string of the molecule is CC1CCCC(NCCn2nnc3ccccc32)C1. The third-order valence-electron chi connectivity index (χ3n) is 4.11. The third kappa shape index (κ3) is 2.95. The zero-order valence-corrected chi connectivity index (χ0v) is 11.5. The summed E-state index contributed by atoms with van der Waals surface area (Å²) in [6, 6.07) is 8.83. The van der Waals surface area contributed by atoms with Gasteiger partial charge in [0.1, 0.15) is 5.52 Å². The molecular weight excluding hydrogens is 236 g/mol. The smallest absolute Gasteiger partial charge is 0.113 e. The standard InChI is InChI=1S/C15H22N4/c1-12-5-4-6-13(11-12)16-9-10-19-15-8-3-2-7-14(15)17-18-19/h2-3,7-8,12-13,16H,4-6,9-11H2,1H3. The average Bonchev–Trinajstić information content (AvgIpc) is 2.83. The molecule has 1 aliphatic rings. The van der Waals surface area contributed by atoms with Gasteiger partial charge in [-0.05, 0) is 30.9 Å². The van der Waals surface area contributed by atoms with Crippen LogP contribution in [0.15, 0.2) is 24.3 Å². The van der Waals surface area contributed by atoms with Crippen molar-refractivity contribution in [2.24, 2.45) is 5.92 Å². The molecule has 1 N–H and O–H groups in total. The summed E-state index contributed by atoms with van der Waals surface area (Å²) in [6.07, 6.45) is 5.40. The fourth-order valence-corrected chi connectivity index (χ4v) is 3.08. The second-order valence-electron chi connectivity index (χ2n) is 5.72. The molecule has 4 heteroatoms. The lowest BCUT2D eigenvalue weighted by Gasteiger charge is -2.27. The maximum absolute atomic E-state index is 4.22. The van der Waals surface area contributed by atoms with E-state index in [1.54, 1.807) is 0 Å². The summed E-state index contributed by atoms with van der Waals surface area (Å²) < 4.78 is 1.99. The highest BCUT2D eigenvalue weighted by atomic mass is 15.4. The molecule has 102 valence electrons. The van der Waals surface area contributed by atoms with Gasteiger partial charge in [0.15, 0.2) is 0 Å². The van der Waals surface area contributed by atoms with E-state index in [1.165, 1.54) is 25.7 Å². The van der Waals surface area contributed by atoms with Crippen LogP contribution in [0.4, 0.5) is 0 Å². The molecule has 1 aromatic heterocycles. The normalized spacial score (nSPS) is 23.8. The Morgan fingerprint density at radius 2 is 2.21 bits per heavy atom. The molecule has 0 amide bonds. The van der Waals surface area contributed by atoms with Gasteiger partial charge in [0.2, 0.25) is 0 Å². The molecule has 1 aliphatic carbocycles. The van der Waals surface area contributed by atoms with E-state index in [0.717, 1.165) is 30.0 Å². The Morgan fingerprint density at radius 1 is 1.32 bits per heavy atom. The van der Waals surface area contributed by atoms with Crippen LogP contribution in [0.1, 0.15) is 32.6 Å². The van der Waals surface area contributed by atoms with E-state index in [4.69, 9.17) is 0 Å². The Hall–Kier alpha value is -1.42. The molecule has 0 radical (unpaired) electrons. The molecular formula is C15H22N4. The van der Waals surface area contributed by atoms with Crippen molar-refractivity contribution in [3.05, 3.63) is 24.3 Å². The number of nitrogens with zero attached hydrogens (tertiary/aromatic N) is 3. The van der Waals surface area contributed by atoms with Crippen LogP contribution < -0.4 is 5.32 Å². The van der Waals surface area contributed by atoms with Crippen molar-refractivity contribution in [1.29, 1.82) is 0 Å². The number of rotatable bonds is 4. The summed E-state index contributed by atoms with van der Waals surface area (Å²) >= 11 is 0. The molecule has 4 nitrogen and oxygen atoms in total. The van der Waals surface area contributed by atoms with E-state index >= 15 is 0 Å². The van der Waals surface area contributed by atoms with Crippen LogP contribution in [0, 0.1) is 5.92 Å². The van der Waals surface area contributed by atoms with Crippen molar-refractivity contribution in [3.8, 4) is 0 Å². The number of benzene rings is 1. The summed E-state index contributed by atoms with van der Waals surface area (Å²) in [6.45, 7) is 4.23. The number of hydrogen-bond donors (Lipinski definition) is 1. The summed E-state index contributed by atoms with van der Waals surface area (Å²) in [5, 5.41) is 12.1. The Morgan fingerprint density at radius 3 is 3.11 bits per heavy atom. The summed E-state index contributed by atoms with van der Waals surface area (Å²) in [4.78, 5) is 0. The van der Waals surface area contributed by atoms with Crippen LogP contribution in [0.3, 0.4) is 0 Å². The molecule has 0 bridgehead atoms. The van der Waals surface area contributed by atoms with Crippen molar-refractivity contribution in [2.75, 3.05) is 6.54 Å². The van der Waals surface area contributed by atoms with Crippen molar-refractivity contribution < 1.29 is 0 Å². The molecule has 1 aromatic carbocycles. The van der Waals surface area contributed by atoms with Crippen LogP contribution in [0.25, 0.3) is 11.0 Å². The van der Waals surface area contributed by atoms with Crippen molar-refractivity contribution in [3.63, 3.8) is 0 Å². The minimum atomic E-state index is 0.693. The fraction of sp³-hybridized carbons (Fsp3) is 0.600. The molecule has 1 fully saturated rings. The third-order valence-corrected chi connectivity index (χ3v) is 4.11. The van der Waals surface area contributed by atoms with Gasteiger partial charge in [-0.3, -0.25) is 0 Å². The Bertz CT molecular complexity index is 534. The molecule has 1 saturated carbocycles. The van der Waals surface area contributed by atoms with Crippen molar-refractivity contribution in [1.82, 2.24) is 20.3 Å². The number of para-hydroxylation sites is 1. The van der Waals surface area contributed by atoms with E-state index in [9.17, 15) is 0 Å². The average molecular weight is 258 g/mol. The van der Waals surface area contributed by atoms with Crippen LogP contribution in [0.5, 0.6) is 0 Å². The second-order valence-corrected chi connectivity index (χ2v) is 5.72. The highest BCUT2D eigenvalue weighted by Crippen LogP contribution is 2.23. The Labute approximate surface area is 114 Å². The van der Waals surface area contributed by atoms with Gasteiger partial charge in [0, 0.05) is 12.6 Å². The summed E-state index contributed by atoms with van der Waals surface area (Å²) in [5.41, 5.74) is 2.11. The monoisotopic (exact) mass is 258 g/mol. The van der Waals surface area contributed by atoms with Gasteiger partial charge in [0.05, 0.1) is 12.1 Å². The molecule has 3 rings (SSSR count). The highest BCUT2D eigenvalue weighted by molar-refractivity contribution is 5.73. The van der Waals surface area contributed by atoms with E-state index in [0.29, 0.717) is 6.04 Å². The summed E-state index contributed by atoms with van der Waals surface area (Å²) in [7, 11) is 0. The van der Waals surface area contributed by atoms with Gasteiger partial charge in [-0.15, -0.1) is 5.10 Å². The first-order chi connectivity index (χ1) is 9.33. The van der Waals surface area contributed by atoms with Crippen molar-refractivity contribution in [2.45, 2.75) is 45.2 Å². The first-order valence-electron chi connectivity index (χ1n) is 7.34. The number of nitrogens with one attached hydrogen (secondary N) is 1. The van der Waals surface area contributed by atoms with E-state index in [2.05, 4.69) is 28.6 Å². The van der Waals surface area contributed by atoms with Gasteiger partial charge in [-0.2, -0.15) is 0 Å². The first kappa shape index (κ1) is 12.6. The summed E-state index contributed by atoms with van der Waals surface area (Å²) in [5.74, 6) is 0.874. The van der Waals surface area contributed by atoms with E-state index in [1.807, 2.05) is 22.9 Å². The molecule has 1 heterocycles. The molecule has 0 aliphatic heterocycles. The lowest BCUT2D eigenvalue weighted by molar-refractivity contribution is 0.298. The minimum absolute atomic E-state index is 0.693. The largest absolute Gasteiger partial charge is 0.312 e.